The number of piperidine rings is 1. The Morgan fingerprint density at radius 2 is 1.88 bits per heavy atom. The van der Waals surface area contributed by atoms with Crippen LogP contribution in [0.5, 0.6) is 0 Å². The van der Waals surface area contributed by atoms with Gasteiger partial charge < -0.3 is 19.6 Å². The molecular weight excluding hydrogens is 316 g/mol. The number of methoxy groups -OCH3 is 1. The van der Waals surface area contributed by atoms with Crippen molar-refractivity contribution in [2.75, 3.05) is 51.4 Å². The summed E-state index contributed by atoms with van der Waals surface area (Å²) in [7, 11) is 1.68. The third-order valence-corrected chi connectivity index (χ3v) is 5.71. The third kappa shape index (κ3) is 4.15. The lowest BCUT2D eigenvalue weighted by Gasteiger charge is -2.42. The molecule has 2 saturated heterocycles. The lowest BCUT2D eigenvalue weighted by Crippen LogP contribution is -2.48. The average Bonchev–Trinajstić information content (AvgIpc) is 3.21. The summed E-state index contributed by atoms with van der Waals surface area (Å²) in [6, 6.07) is 8.01. The number of carbonyl (C=O) groups is 1. The molecule has 1 aromatic rings. The van der Waals surface area contributed by atoms with Crippen LogP contribution >= 0.6 is 0 Å². The first-order valence-corrected chi connectivity index (χ1v) is 9.41. The van der Waals surface area contributed by atoms with Gasteiger partial charge in [-0.25, -0.2) is 0 Å². The second-order valence-electron chi connectivity index (χ2n) is 7.47. The van der Waals surface area contributed by atoms with E-state index in [0.717, 1.165) is 44.5 Å². The molecule has 2 heterocycles. The molecule has 3 rings (SSSR count). The molecule has 0 spiro atoms. The van der Waals surface area contributed by atoms with Crippen molar-refractivity contribution in [3.05, 3.63) is 29.8 Å². The standard InChI is InChI=1S/C20H30N2O3/c1-25-14-10-20(16-23)9-4-13-22(15-20)19(24)17-5-7-18(8-6-17)21-11-2-3-12-21/h5-8,23H,2-4,9-16H2,1H3. The van der Waals surface area contributed by atoms with E-state index in [1.54, 1.807) is 7.11 Å². The Morgan fingerprint density at radius 3 is 2.52 bits per heavy atom. The van der Waals surface area contributed by atoms with Gasteiger partial charge in [-0.2, -0.15) is 0 Å². The zero-order chi connectivity index (χ0) is 17.7. The van der Waals surface area contributed by atoms with Crippen LogP contribution in [0.3, 0.4) is 0 Å². The zero-order valence-corrected chi connectivity index (χ0v) is 15.2. The minimum absolute atomic E-state index is 0.0721. The van der Waals surface area contributed by atoms with Crippen LogP contribution in [0.2, 0.25) is 0 Å². The molecule has 0 radical (unpaired) electrons. The maximum Gasteiger partial charge on any atom is 0.253 e. The highest BCUT2D eigenvalue weighted by Crippen LogP contribution is 2.34. The molecule has 2 fully saturated rings. The summed E-state index contributed by atoms with van der Waals surface area (Å²) in [4.78, 5) is 17.2. The quantitative estimate of drug-likeness (QED) is 0.860. The topological polar surface area (TPSA) is 53.0 Å². The van der Waals surface area contributed by atoms with Crippen molar-refractivity contribution in [3.63, 3.8) is 0 Å². The van der Waals surface area contributed by atoms with Crippen molar-refractivity contribution in [2.45, 2.75) is 32.1 Å². The molecule has 138 valence electrons. The summed E-state index contributed by atoms with van der Waals surface area (Å²) in [5, 5.41) is 9.90. The molecule has 5 nitrogen and oxygen atoms in total. The van der Waals surface area contributed by atoms with E-state index in [1.165, 1.54) is 18.5 Å². The third-order valence-electron chi connectivity index (χ3n) is 5.71. The van der Waals surface area contributed by atoms with Gasteiger partial charge in [-0.3, -0.25) is 4.79 Å². The first kappa shape index (κ1) is 18.2. The maximum absolute atomic E-state index is 12.9. The number of benzene rings is 1. The molecule has 0 saturated carbocycles. The Balaban J connectivity index is 1.67. The first-order valence-electron chi connectivity index (χ1n) is 9.41. The normalized spacial score (nSPS) is 23.9. The number of carbonyl (C=O) groups excluding carboxylic acids is 1. The van der Waals surface area contributed by atoms with Crippen LogP contribution in [0, 0.1) is 5.41 Å². The van der Waals surface area contributed by atoms with Crippen LogP contribution in [0.4, 0.5) is 5.69 Å². The second kappa shape index (κ2) is 8.19. The molecule has 0 bridgehead atoms. The Labute approximate surface area is 150 Å². The van der Waals surface area contributed by atoms with Gasteiger partial charge in [0.2, 0.25) is 0 Å². The predicted molar refractivity (Wildman–Crippen MR) is 99.0 cm³/mol. The van der Waals surface area contributed by atoms with Crippen molar-refractivity contribution in [3.8, 4) is 0 Å². The van der Waals surface area contributed by atoms with Crippen LogP contribution in [0.1, 0.15) is 42.5 Å². The molecule has 1 amide bonds. The predicted octanol–water partition coefficient (Wildman–Crippen LogP) is 2.54. The molecule has 1 N–H and O–H groups in total. The van der Waals surface area contributed by atoms with E-state index < -0.39 is 0 Å². The fourth-order valence-corrected chi connectivity index (χ4v) is 4.08. The molecular formula is C20H30N2O3. The molecule has 0 aromatic heterocycles. The van der Waals surface area contributed by atoms with Crippen LogP contribution < -0.4 is 4.90 Å². The van der Waals surface area contributed by atoms with Gasteiger partial charge in [0, 0.05) is 56.6 Å². The molecule has 25 heavy (non-hydrogen) atoms. The van der Waals surface area contributed by atoms with E-state index in [-0.39, 0.29) is 17.9 Å². The molecule has 5 heteroatoms. The van der Waals surface area contributed by atoms with E-state index in [9.17, 15) is 9.90 Å². The molecule has 1 aromatic carbocycles. The van der Waals surface area contributed by atoms with E-state index in [2.05, 4.69) is 17.0 Å². The Bertz CT molecular complexity index is 569. The van der Waals surface area contributed by atoms with Gasteiger partial charge in [-0.1, -0.05) is 0 Å². The minimum Gasteiger partial charge on any atom is -0.396 e. The Morgan fingerprint density at radius 1 is 1.16 bits per heavy atom. The number of anilines is 1. The van der Waals surface area contributed by atoms with Gasteiger partial charge in [-0.05, 0) is 56.4 Å². The van der Waals surface area contributed by atoms with E-state index in [1.807, 2.05) is 17.0 Å². The van der Waals surface area contributed by atoms with Crippen LogP contribution in [0.15, 0.2) is 24.3 Å². The highest BCUT2D eigenvalue weighted by atomic mass is 16.5. The molecule has 2 aliphatic rings. The van der Waals surface area contributed by atoms with Crippen molar-refractivity contribution >= 4 is 11.6 Å². The lowest BCUT2D eigenvalue weighted by atomic mass is 9.78. The number of aliphatic hydroxyl groups is 1. The largest absolute Gasteiger partial charge is 0.396 e. The fraction of sp³-hybridized carbons (Fsp3) is 0.650. The number of nitrogens with zero attached hydrogens (tertiary/aromatic N) is 2. The molecule has 2 aliphatic heterocycles. The second-order valence-corrected chi connectivity index (χ2v) is 7.47. The van der Waals surface area contributed by atoms with Crippen LogP contribution in [0.25, 0.3) is 0 Å². The van der Waals surface area contributed by atoms with Gasteiger partial charge in [0.05, 0.1) is 6.61 Å². The van der Waals surface area contributed by atoms with E-state index in [0.29, 0.717) is 13.2 Å². The highest BCUT2D eigenvalue weighted by molar-refractivity contribution is 5.94. The van der Waals surface area contributed by atoms with E-state index in [4.69, 9.17) is 4.74 Å². The first-order chi connectivity index (χ1) is 12.2. The van der Waals surface area contributed by atoms with Gasteiger partial charge in [0.1, 0.15) is 0 Å². The number of amides is 1. The number of hydrogen-bond acceptors (Lipinski definition) is 4. The summed E-state index contributed by atoms with van der Waals surface area (Å²) in [6.45, 7) is 4.32. The summed E-state index contributed by atoms with van der Waals surface area (Å²) in [6.07, 6.45) is 5.17. The Kier molecular flexibility index (Phi) is 5.97. The number of ether oxygens (including phenoxy) is 1. The van der Waals surface area contributed by atoms with E-state index >= 15 is 0 Å². The number of hydrogen-bond donors (Lipinski definition) is 1. The molecule has 1 atom stereocenters. The van der Waals surface area contributed by atoms with Gasteiger partial charge in [0.15, 0.2) is 0 Å². The fourth-order valence-electron chi connectivity index (χ4n) is 4.08. The average molecular weight is 346 g/mol. The van der Waals surface area contributed by atoms with Crippen LogP contribution in [-0.4, -0.2) is 62.4 Å². The van der Waals surface area contributed by atoms with Crippen molar-refractivity contribution in [2.24, 2.45) is 5.41 Å². The highest BCUT2D eigenvalue weighted by Gasteiger charge is 2.36. The minimum atomic E-state index is -0.223. The van der Waals surface area contributed by atoms with Gasteiger partial charge >= 0.3 is 0 Å². The maximum atomic E-state index is 12.9. The summed E-state index contributed by atoms with van der Waals surface area (Å²) in [5.41, 5.74) is 1.72. The summed E-state index contributed by atoms with van der Waals surface area (Å²) in [5.74, 6) is 0.0721. The number of likely N-dealkylation sites (tertiary alicyclic amines) is 1. The van der Waals surface area contributed by atoms with Gasteiger partial charge in [0.25, 0.3) is 5.91 Å². The summed E-state index contributed by atoms with van der Waals surface area (Å²) >= 11 is 0. The number of aliphatic hydroxyl groups excluding tert-OH is 1. The number of rotatable bonds is 6. The van der Waals surface area contributed by atoms with Crippen molar-refractivity contribution in [1.82, 2.24) is 4.90 Å². The Hall–Kier alpha value is -1.59. The van der Waals surface area contributed by atoms with Gasteiger partial charge in [-0.15, -0.1) is 0 Å². The van der Waals surface area contributed by atoms with Crippen molar-refractivity contribution in [1.29, 1.82) is 0 Å². The monoisotopic (exact) mass is 346 g/mol. The smallest absolute Gasteiger partial charge is 0.253 e. The lowest BCUT2D eigenvalue weighted by molar-refractivity contribution is 0.00898. The molecule has 0 aliphatic carbocycles. The zero-order valence-electron chi connectivity index (χ0n) is 15.2. The van der Waals surface area contributed by atoms with Crippen molar-refractivity contribution < 1.29 is 14.6 Å². The SMILES string of the molecule is COCCC1(CO)CCCN(C(=O)c2ccc(N3CCCC3)cc2)C1. The van der Waals surface area contributed by atoms with Crippen LogP contribution in [-0.2, 0) is 4.74 Å². The molecule has 1 unspecified atom stereocenters. The summed E-state index contributed by atoms with van der Waals surface area (Å²) < 4.78 is 5.19.